The van der Waals surface area contributed by atoms with Crippen molar-refractivity contribution in [1.29, 1.82) is 0 Å². The average Bonchev–Trinajstić information content (AvgIpc) is 2.71. The molecule has 142 valence electrons. The van der Waals surface area contributed by atoms with Crippen LogP contribution in [0.2, 0.25) is 0 Å². The highest BCUT2D eigenvalue weighted by Crippen LogP contribution is 2.55. The van der Waals surface area contributed by atoms with Gasteiger partial charge in [-0.05, 0) is 29.8 Å². The van der Waals surface area contributed by atoms with Crippen LogP contribution in [0.1, 0.15) is 16.7 Å². The molecule has 6 heteroatoms. The van der Waals surface area contributed by atoms with Gasteiger partial charge in [0.15, 0.2) is 0 Å². The predicted octanol–water partition coefficient (Wildman–Crippen LogP) is 5.27. The highest BCUT2D eigenvalue weighted by molar-refractivity contribution is 6.29. The first-order chi connectivity index (χ1) is 13.3. The Kier molecular flexibility index (Phi) is 4.27. The number of fused-ring (bicyclic) bond motifs is 2. The van der Waals surface area contributed by atoms with Crippen LogP contribution in [-0.4, -0.2) is 26.1 Å². The minimum Gasteiger partial charge on any atom is -0.378 e. The summed E-state index contributed by atoms with van der Waals surface area (Å²) in [6.07, 6.45) is 0. The third-order valence-corrected chi connectivity index (χ3v) is 5.97. The summed E-state index contributed by atoms with van der Waals surface area (Å²) < 4.78 is 0. The molecule has 0 fully saturated rings. The Morgan fingerprint density at radius 2 is 1.61 bits per heavy atom. The number of alkyl halides is 1. The lowest BCUT2D eigenvalue weighted by Gasteiger charge is -2.41. The minimum absolute atomic E-state index is 0.0291. The highest BCUT2D eigenvalue weighted by atomic mass is 35.5. The third-order valence-electron chi connectivity index (χ3n) is 5.34. The SMILES string of the molecule is CN(C)c1ccc(C2(Cl)c3ccccc3N(C)c3ccc([N+](=O)[O-])cc32)cc1. The zero-order chi connectivity index (χ0) is 20.1. The first-order valence-electron chi connectivity index (χ1n) is 8.93. The molecule has 0 aromatic heterocycles. The van der Waals surface area contributed by atoms with Crippen LogP contribution < -0.4 is 9.80 Å². The van der Waals surface area contributed by atoms with Crippen LogP contribution in [-0.2, 0) is 4.87 Å². The van der Waals surface area contributed by atoms with Crippen molar-refractivity contribution in [3.63, 3.8) is 0 Å². The number of nitrogens with zero attached hydrogens (tertiary/aromatic N) is 3. The summed E-state index contributed by atoms with van der Waals surface area (Å²) in [6, 6.07) is 20.8. The summed E-state index contributed by atoms with van der Waals surface area (Å²) in [4.78, 5) is 14.1. The molecule has 0 aliphatic carbocycles. The number of halogens is 1. The van der Waals surface area contributed by atoms with Gasteiger partial charge in [0.1, 0.15) is 4.87 Å². The standard InChI is InChI=1S/C22H20ClN3O2/c1-24(2)16-10-8-15(9-11-16)22(23)18-6-4-5-7-20(18)25(3)21-13-12-17(26(27)28)14-19(21)22/h4-14H,1-3H3. The maximum atomic E-state index is 11.4. The molecule has 1 unspecified atom stereocenters. The molecule has 0 saturated heterocycles. The summed E-state index contributed by atoms with van der Waals surface area (Å²) in [6.45, 7) is 0. The van der Waals surface area contributed by atoms with Crippen LogP contribution in [0.25, 0.3) is 0 Å². The molecule has 5 nitrogen and oxygen atoms in total. The first-order valence-corrected chi connectivity index (χ1v) is 9.30. The Labute approximate surface area is 168 Å². The van der Waals surface area contributed by atoms with Crippen molar-refractivity contribution in [2.45, 2.75) is 4.87 Å². The number of hydrogen-bond acceptors (Lipinski definition) is 4. The highest BCUT2D eigenvalue weighted by Gasteiger charge is 2.43. The van der Waals surface area contributed by atoms with E-state index in [4.69, 9.17) is 11.6 Å². The van der Waals surface area contributed by atoms with E-state index < -0.39 is 4.87 Å². The van der Waals surface area contributed by atoms with Crippen LogP contribution in [0.15, 0.2) is 66.7 Å². The van der Waals surface area contributed by atoms with Crippen molar-refractivity contribution in [2.75, 3.05) is 30.9 Å². The van der Waals surface area contributed by atoms with Gasteiger partial charge in [-0.15, -0.1) is 11.6 Å². The maximum Gasteiger partial charge on any atom is 0.269 e. The van der Waals surface area contributed by atoms with Crippen molar-refractivity contribution in [3.8, 4) is 0 Å². The summed E-state index contributed by atoms with van der Waals surface area (Å²) in [5, 5.41) is 11.4. The van der Waals surface area contributed by atoms with Crippen molar-refractivity contribution in [3.05, 3.63) is 93.5 Å². The molecule has 0 bridgehead atoms. The number of para-hydroxylation sites is 1. The van der Waals surface area contributed by atoms with E-state index in [9.17, 15) is 10.1 Å². The number of rotatable bonds is 3. The van der Waals surface area contributed by atoms with Gasteiger partial charge in [0.2, 0.25) is 0 Å². The summed E-state index contributed by atoms with van der Waals surface area (Å²) in [5.74, 6) is 0. The largest absolute Gasteiger partial charge is 0.378 e. The number of benzene rings is 3. The van der Waals surface area contributed by atoms with Crippen molar-refractivity contribution >= 4 is 34.4 Å². The fourth-order valence-electron chi connectivity index (χ4n) is 3.84. The molecule has 0 amide bonds. The first kappa shape index (κ1) is 18.3. The van der Waals surface area contributed by atoms with Crippen molar-refractivity contribution in [2.24, 2.45) is 0 Å². The number of nitro benzene ring substituents is 1. The van der Waals surface area contributed by atoms with Gasteiger partial charge in [-0.2, -0.15) is 0 Å². The van der Waals surface area contributed by atoms with Gasteiger partial charge in [0.05, 0.1) is 4.92 Å². The molecule has 1 heterocycles. The molecule has 1 aliphatic heterocycles. The fraction of sp³-hybridized carbons (Fsp3) is 0.182. The summed E-state index contributed by atoms with van der Waals surface area (Å²) >= 11 is 7.37. The number of anilines is 3. The smallest absolute Gasteiger partial charge is 0.269 e. The van der Waals surface area contributed by atoms with Crippen LogP contribution >= 0.6 is 11.6 Å². The molecule has 0 N–H and O–H groups in total. The molecule has 1 aliphatic rings. The molecule has 3 aromatic carbocycles. The van der Waals surface area contributed by atoms with Gasteiger partial charge in [-0.1, -0.05) is 30.3 Å². The maximum absolute atomic E-state index is 11.4. The predicted molar refractivity (Wildman–Crippen MR) is 114 cm³/mol. The lowest BCUT2D eigenvalue weighted by molar-refractivity contribution is -0.384. The van der Waals surface area contributed by atoms with Crippen molar-refractivity contribution in [1.82, 2.24) is 0 Å². The zero-order valence-electron chi connectivity index (χ0n) is 15.9. The van der Waals surface area contributed by atoms with E-state index in [1.807, 2.05) is 79.5 Å². The molecule has 4 rings (SSSR count). The fourth-order valence-corrected chi connectivity index (χ4v) is 4.28. The lowest BCUT2D eigenvalue weighted by atomic mass is 9.79. The number of non-ortho nitro benzene ring substituents is 1. The molecule has 0 saturated carbocycles. The molecular weight excluding hydrogens is 374 g/mol. The second-order valence-electron chi connectivity index (χ2n) is 7.13. The van der Waals surface area contributed by atoms with E-state index in [1.54, 1.807) is 12.1 Å². The Hall–Kier alpha value is -3.05. The number of hydrogen-bond donors (Lipinski definition) is 0. The van der Waals surface area contributed by atoms with Crippen LogP contribution in [0.5, 0.6) is 0 Å². The molecule has 3 aromatic rings. The van der Waals surface area contributed by atoms with E-state index in [2.05, 4.69) is 0 Å². The van der Waals surface area contributed by atoms with Crippen LogP contribution in [0.4, 0.5) is 22.7 Å². The van der Waals surface area contributed by atoms with E-state index in [0.29, 0.717) is 5.56 Å². The Morgan fingerprint density at radius 3 is 2.25 bits per heavy atom. The van der Waals surface area contributed by atoms with Crippen LogP contribution in [0, 0.1) is 10.1 Å². The number of nitro groups is 1. The molecule has 0 spiro atoms. The monoisotopic (exact) mass is 393 g/mol. The zero-order valence-corrected chi connectivity index (χ0v) is 16.6. The second kappa shape index (κ2) is 6.53. The lowest BCUT2D eigenvalue weighted by Crippen LogP contribution is -2.32. The van der Waals surface area contributed by atoms with Gasteiger partial charge in [-0.25, -0.2) is 0 Å². The Balaban J connectivity index is 2.01. The van der Waals surface area contributed by atoms with Gasteiger partial charge in [0, 0.05) is 61.5 Å². The van der Waals surface area contributed by atoms with Crippen molar-refractivity contribution < 1.29 is 4.92 Å². The van der Waals surface area contributed by atoms with Crippen LogP contribution in [0.3, 0.4) is 0 Å². The third kappa shape index (κ3) is 2.62. The van der Waals surface area contributed by atoms with E-state index >= 15 is 0 Å². The normalized spacial score (nSPS) is 17.6. The topological polar surface area (TPSA) is 49.6 Å². The second-order valence-corrected chi connectivity index (χ2v) is 7.70. The van der Waals surface area contributed by atoms with E-state index in [-0.39, 0.29) is 10.6 Å². The summed E-state index contributed by atoms with van der Waals surface area (Å²) in [7, 11) is 5.92. The average molecular weight is 394 g/mol. The van der Waals surface area contributed by atoms with Gasteiger partial charge < -0.3 is 9.80 Å². The molecule has 0 radical (unpaired) electrons. The van der Waals surface area contributed by atoms with Gasteiger partial charge in [0.25, 0.3) is 5.69 Å². The Morgan fingerprint density at radius 1 is 0.964 bits per heavy atom. The summed E-state index contributed by atoms with van der Waals surface area (Å²) in [5.41, 5.74) is 5.42. The molecule has 1 atom stereocenters. The molecule has 28 heavy (non-hydrogen) atoms. The minimum atomic E-state index is -1.02. The Bertz CT molecular complexity index is 1070. The van der Waals surface area contributed by atoms with Gasteiger partial charge >= 0.3 is 0 Å². The van der Waals surface area contributed by atoms with E-state index in [1.165, 1.54) is 6.07 Å². The van der Waals surface area contributed by atoms with E-state index in [0.717, 1.165) is 28.2 Å². The molecular formula is C22H20ClN3O2. The quantitative estimate of drug-likeness (QED) is 0.345. The van der Waals surface area contributed by atoms with Gasteiger partial charge in [-0.3, -0.25) is 10.1 Å².